The lowest BCUT2D eigenvalue weighted by Gasteiger charge is -2.00. The van der Waals surface area contributed by atoms with Crippen LogP contribution in [0.4, 0.5) is 10.8 Å². The lowest BCUT2D eigenvalue weighted by atomic mass is 10.1. The second-order valence-corrected chi connectivity index (χ2v) is 7.42. The number of benzene rings is 2. The summed E-state index contributed by atoms with van der Waals surface area (Å²) < 4.78 is 7.37. The third-order valence-electron chi connectivity index (χ3n) is 3.69. The number of hydrogen-bond acceptors (Lipinski definition) is 7. The summed E-state index contributed by atoms with van der Waals surface area (Å²) in [4.78, 5) is 15.2. The van der Waals surface area contributed by atoms with Crippen molar-refractivity contribution in [2.24, 2.45) is 5.10 Å². The van der Waals surface area contributed by atoms with Crippen molar-refractivity contribution in [3.63, 3.8) is 0 Å². The van der Waals surface area contributed by atoms with E-state index in [1.54, 1.807) is 24.3 Å². The summed E-state index contributed by atoms with van der Waals surface area (Å²) in [6.45, 7) is 0. The molecule has 0 aliphatic carbocycles. The van der Waals surface area contributed by atoms with Gasteiger partial charge in [0.1, 0.15) is 11.5 Å². The number of para-hydroxylation sites is 1. The minimum absolute atomic E-state index is 0.0326. The van der Waals surface area contributed by atoms with Crippen LogP contribution in [0.1, 0.15) is 5.76 Å². The summed E-state index contributed by atoms with van der Waals surface area (Å²) in [6.07, 6.45) is 1.50. The lowest BCUT2D eigenvalue weighted by Crippen LogP contribution is -1.91. The molecule has 1 N–H and O–H groups in total. The van der Waals surface area contributed by atoms with Crippen molar-refractivity contribution in [3.05, 3.63) is 74.9 Å². The second kappa shape index (κ2) is 7.29. The summed E-state index contributed by atoms with van der Waals surface area (Å²) >= 11 is 4.74. The standard InChI is InChI=1S/C18H11BrN4O3S/c19-11-5-7-13(15(9-11)23(24)25)16-8-6-12(26-16)10-20-22-18-21-14-3-1-2-4-17(14)27-18/h1-10H,(H,21,22). The van der Waals surface area contributed by atoms with Crippen molar-refractivity contribution in [1.29, 1.82) is 0 Å². The average Bonchev–Trinajstić information content (AvgIpc) is 3.28. The third-order valence-corrected chi connectivity index (χ3v) is 5.13. The zero-order valence-corrected chi connectivity index (χ0v) is 16.0. The van der Waals surface area contributed by atoms with Crippen LogP contribution < -0.4 is 5.43 Å². The minimum atomic E-state index is -0.439. The summed E-state index contributed by atoms with van der Waals surface area (Å²) in [7, 11) is 0. The molecule has 2 heterocycles. The number of fused-ring (bicyclic) bond motifs is 1. The van der Waals surface area contributed by atoms with Crippen LogP contribution in [0, 0.1) is 10.1 Å². The molecule has 0 fully saturated rings. The Kier molecular flexibility index (Phi) is 4.69. The number of nitro groups is 1. The molecular weight excluding hydrogens is 432 g/mol. The third kappa shape index (κ3) is 3.74. The first-order valence-electron chi connectivity index (χ1n) is 7.79. The number of hydrazone groups is 1. The van der Waals surface area contributed by atoms with Gasteiger partial charge in [-0.25, -0.2) is 4.98 Å². The molecule has 0 spiro atoms. The van der Waals surface area contributed by atoms with E-state index in [9.17, 15) is 10.1 Å². The number of aromatic nitrogens is 1. The predicted octanol–water partition coefficient (Wildman–Crippen LogP) is 5.67. The largest absolute Gasteiger partial charge is 0.455 e. The molecule has 2 aromatic carbocycles. The summed E-state index contributed by atoms with van der Waals surface area (Å²) in [5, 5.41) is 16.1. The molecule has 0 bridgehead atoms. The lowest BCUT2D eigenvalue weighted by molar-refractivity contribution is -0.384. The molecule has 0 atom stereocenters. The zero-order chi connectivity index (χ0) is 18.8. The molecule has 9 heteroatoms. The fourth-order valence-electron chi connectivity index (χ4n) is 2.50. The Morgan fingerprint density at radius 2 is 2.07 bits per heavy atom. The first-order chi connectivity index (χ1) is 13.1. The van der Waals surface area contributed by atoms with E-state index in [0.29, 0.717) is 26.7 Å². The maximum atomic E-state index is 11.3. The Hall–Kier alpha value is -3.04. The van der Waals surface area contributed by atoms with E-state index < -0.39 is 4.92 Å². The Balaban J connectivity index is 1.53. The van der Waals surface area contributed by atoms with Crippen LogP contribution in [-0.4, -0.2) is 16.1 Å². The molecule has 0 amide bonds. The summed E-state index contributed by atoms with van der Waals surface area (Å²) in [5.41, 5.74) is 4.15. The van der Waals surface area contributed by atoms with Crippen molar-refractivity contribution in [2.45, 2.75) is 0 Å². The predicted molar refractivity (Wildman–Crippen MR) is 109 cm³/mol. The van der Waals surface area contributed by atoms with Crippen LogP contribution in [0.2, 0.25) is 0 Å². The van der Waals surface area contributed by atoms with Gasteiger partial charge in [0.2, 0.25) is 5.13 Å². The minimum Gasteiger partial charge on any atom is -0.455 e. The number of thiazole rings is 1. The molecule has 27 heavy (non-hydrogen) atoms. The zero-order valence-electron chi connectivity index (χ0n) is 13.6. The van der Waals surface area contributed by atoms with Gasteiger partial charge in [0, 0.05) is 10.5 Å². The SMILES string of the molecule is O=[N+]([O-])c1cc(Br)ccc1-c1ccc(C=NNc2nc3ccccc3s2)o1. The highest BCUT2D eigenvalue weighted by Crippen LogP contribution is 2.33. The molecule has 0 saturated heterocycles. The Labute approximate surface area is 165 Å². The Bertz CT molecular complexity index is 1140. The molecule has 134 valence electrons. The van der Waals surface area contributed by atoms with Gasteiger partial charge in [-0.15, -0.1) is 0 Å². The van der Waals surface area contributed by atoms with Crippen molar-refractivity contribution >= 4 is 54.5 Å². The van der Waals surface area contributed by atoms with Crippen molar-refractivity contribution in [2.75, 3.05) is 5.43 Å². The van der Waals surface area contributed by atoms with E-state index in [0.717, 1.165) is 10.2 Å². The maximum absolute atomic E-state index is 11.3. The van der Waals surface area contributed by atoms with Gasteiger partial charge in [0.05, 0.1) is 26.9 Å². The number of nitro benzene ring substituents is 1. The van der Waals surface area contributed by atoms with Gasteiger partial charge < -0.3 is 4.42 Å². The Morgan fingerprint density at radius 3 is 2.89 bits per heavy atom. The highest BCUT2D eigenvalue weighted by molar-refractivity contribution is 9.10. The number of nitrogens with one attached hydrogen (secondary N) is 1. The highest BCUT2D eigenvalue weighted by Gasteiger charge is 2.18. The average molecular weight is 443 g/mol. The normalized spacial score (nSPS) is 11.3. The van der Waals surface area contributed by atoms with Crippen LogP contribution in [0.3, 0.4) is 0 Å². The second-order valence-electron chi connectivity index (χ2n) is 5.48. The Morgan fingerprint density at radius 1 is 1.22 bits per heavy atom. The first-order valence-corrected chi connectivity index (χ1v) is 9.40. The molecule has 0 radical (unpaired) electrons. The fourth-order valence-corrected chi connectivity index (χ4v) is 3.67. The molecule has 4 aromatic rings. The number of furan rings is 1. The van der Waals surface area contributed by atoms with Crippen LogP contribution in [-0.2, 0) is 0 Å². The van der Waals surface area contributed by atoms with Crippen LogP contribution in [0.25, 0.3) is 21.5 Å². The number of hydrogen-bond donors (Lipinski definition) is 1. The maximum Gasteiger partial charge on any atom is 0.281 e. The smallest absolute Gasteiger partial charge is 0.281 e. The van der Waals surface area contributed by atoms with Gasteiger partial charge >= 0.3 is 0 Å². The quantitative estimate of drug-likeness (QED) is 0.244. The van der Waals surface area contributed by atoms with E-state index in [2.05, 4.69) is 31.4 Å². The highest BCUT2D eigenvalue weighted by atomic mass is 79.9. The number of anilines is 1. The van der Waals surface area contributed by atoms with Crippen LogP contribution in [0.5, 0.6) is 0 Å². The van der Waals surface area contributed by atoms with E-state index >= 15 is 0 Å². The van der Waals surface area contributed by atoms with Gasteiger partial charge in [-0.1, -0.05) is 39.4 Å². The number of rotatable bonds is 5. The van der Waals surface area contributed by atoms with Gasteiger partial charge in [-0.2, -0.15) is 5.10 Å². The van der Waals surface area contributed by atoms with Crippen molar-refractivity contribution in [3.8, 4) is 11.3 Å². The monoisotopic (exact) mass is 442 g/mol. The van der Waals surface area contributed by atoms with Gasteiger partial charge in [-0.3, -0.25) is 15.5 Å². The fraction of sp³-hybridized carbons (Fsp3) is 0. The molecule has 2 aromatic heterocycles. The van der Waals surface area contributed by atoms with E-state index in [1.165, 1.54) is 23.6 Å². The molecule has 4 rings (SSSR count). The van der Waals surface area contributed by atoms with Crippen molar-refractivity contribution in [1.82, 2.24) is 4.98 Å². The molecule has 0 aliphatic rings. The topological polar surface area (TPSA) is 93.6 Å². The molecular formula is C18H11BrN4O3S. The number of nitrogens with zero attached hydrogens (tertiary/aromatic N) is 3. The van der Waals surface area contributed by atoms with Gasteiger partial charge in [0.15, 0.2) is 0 Å². The molecule has 7 nitrogen and oxygen atoms in total. The van der Waals surface area contributed by atoms with E-state index in [4.69, 9.17) is 4.42 Å². The van der Waals surface area contributed by atoms with Crippen LogP contribution in [0.15, 0.2) is 68.6 Å². The van der Waals surface area contributed by atoms with E-state index in [-0.39, 0.29) is 5.69 Å². The first kappa shape index (κ1) is 17.4. The van der Waals surface area contributed by atoms with Gasteiger partial charge in [0.25, 0.3) is 5.69 Å². The number of halogens is 1. The van der Waals surface area contributed by atoms with Crippen molar-refractivity contribution < 1.29 is 9.34 Å². The molecule has 0 saturated carbocycles. The summed E-state index contributed by atoms with van der Waals surface area (Å²) in [5.74, 6) is 0.867. The van der Waals surface area contributed by atoms with Gasteiger partial charge in [-0.05, 0) is 36.4 Å². The molecule has 0 unspecified atom stereocenters. The van der Waals surface area contributed by atoms with E-state index in [1.807, 2.05) is 24.3 Å². The van der Waals surface area contributed by atoms with Crippen LogP contribution >= 0.6 is 27.3 Å². The molecule has 0 aliphatic heterocycles. The summed E-state index contributed by atoms with van der Waals surface area (Å²) in [6, 6.07) is 16.0.